The molecule has 0 saturated carbocycles. The number of alkyl halides is 2. The maximum absolute atomic E-state index is 12.2. The highest BCUT2D eigenvalue weighted by molar-refractivity contribution is 6.37. The largest absolute Gasteiger partial charge is 0.432 e. The minimum absolute atomic E-state index is 0.0760. The van der Waals surface area contributed by atoms with Crippen LogP contribution < -0.4 is 15.4 Å². The highest BCUT2D eigenvalue weighted by atomic mass is 35.5. The quantitative estimate of drug-likeness (QED) is 0.872. The summed E-state index contributed by atoms with van der Waals surface area (Å²) in [7, 11) is 0. The zero-order chi connectivity index (χ0) is 14.5. The normalized spacial score (nSPS) is 19.8. The van der Waals surface area contributed by atoms with Crippen LogP contribution in [0.5, 0.6) is 5.75 Å². The predicted octanol–water partition coefficient (Wildman–Crippen LogP) is 4.15. The molecule has 1 aliphatic heterocycles. The van der Waals surface area contributed by atoms with Gasteiger partial charge in [-0.05, 0) is 44.5 Å². The molecule has 2 rings (SSSR count). The van der Waals surface area contributed by atoms with Crippen molar-refractivity contribution in [1.82, 2.24) is 5.32 Å². The van der Waals surface area contributed by atoms with Gasteiger partial charge in [-0.15, -0.1) is 0 Å². The highest BCUT2D eigenvalue weighted by Gasteiger charge is 2.16. The molecular weight excluding hydrogens is 309 g/mol. The summed E-state index contributed by atoms with van der Waals surface area (Å²) in [4.78, 5) is 0. The zero-order valence-electron chi connectivity index (χ0n) is 10.8. The molecule has 1 heterocycles. The minimum Gasteiger partial charge on any atom is -0.432 e. The van der Waals surface area contributed by atoms with Crippen molar-refractivity contribution < 1.29 is 13.5 Å². The van der Waals surface area contributed by atoms with Gasteiger partial charge in [-0.2, -0.15) is 8.78 Å². The van der Waals surface area contributed by atoms with E-state index in [0.717, 1.165) is 32.4 Å². The van der Waals surface area contributed by atoms with Crippen LogP contribution in [0.2, 0.25) is 10.0 Å². The van der Waals surface area contributed by atoms with E-state index in [1.165, 1.54) is 0 Å². The summed E-state index contributed by atoms with van der Waals surface area (Å²) in [5.74, 6) is -0.184. The van der Waals surface area contributed by atoms with E-state index in [4.69, 9.17) is 23.2 Å². The van der Waals surface area contributed by atoms with Crippen molar-refractivity contribution in [3.05, 3.63) is 22.2 Å². The van der Waals surface area contributed by atoms with Gasteiger partial charge in [0.2, 0.25) is 0 Å². The monoisotopic (exact) mass is 324 g/mol. The fourth-order valence-corrected chi connectivity index (χ4v) is 2.82. The Morgan fingerprint density at radius 3 is 2.55 bits per heavy atom. The molecule has 3 nitrogen and oxygen atoms in total. The van der Waals surface area contributed by atoms with Crippen molar-refractivity contribution >= 4 is 28.9 Å². The van der Waals surface area contributed by atoms with Crippen LogP contribution in [0, 0.1) is 0 Å². The number of benzene rings is 1. The van der Waals surface area contributed by atoms with Gasteiger partial charge >= 0.3 is 6.61 Å². The average Bonchev–Trinajstić information content (AvgIpc) is 2.62. The summed E-state index contributed by atoms with van der Waals surface area (Å²) in [5, 5.41) is 6.80. The topological polar surface area (TPSA) is 33.3 Å². The van der Waals surface area contributed by atoms with E-state index >= 15 is 0 Å². The Kier molecular flexibility index (Phi) is 5.69. The molecule has 0 radical (unpaired) electrons. The third kappa shape index (κ3) is 4.36. The van der Waals surface area contributed by atoms with E-state index in [0.29, 0.717) is 11.7 Å². The predicted molar refractivity (Wildman–Crippen MR) is 77.2 cm³/mol. The van der Waals surface area contributed by atoms with Crippen LogP contribution in [-0.2, 0) is 0 Å². The van der Waals surface area contributed by atoms with Gasteiger partial charge < -0.3 is 15.4 Å². The Morgan fingerprint density at radius 1 is 1.20 bits per heavy atom. The van der Waals surface area contributed by atoms with Crippen LogP contribution in [0.25, 0.3) is 0 Å². The Morgan fingerprint density at radius 2 is 1.90 bits per heavy atom. The van der Waals surface area contributed by atoms with Crippen molar-refractivity contribution in [3.8, 4) is 5.75 Å². The maximum Gasteiger partial charge on any atom is 0.387 e. The number of rotatable bonds is 4. The highest BCUT2D eigenvalue weighted by Crippen LogP contribution is 2.37. The standard InChI is InChI=1S/C13H16Cl2F2N2O/c14-10-6-9(7-11(15)12(10)20-13(16)17)19-8-2-1-4-18-5-3-8/h6-8,13,18-19H,1-5H2. The van der Waals surface area contributed by atoms with Crippen molar-refractivity contribution in [2.24, 2.45) is 0 Å². The van der Waals surface area contributed by atoms with Gasteiger partial charge in [0.1, 0.15) is 0 Å². The van der Waals surface area contributed by atoms with Gasteiger partial charge in [-0.25, -0.2) is 0 Å². The Labute approximate surface area is 126 Å². The summed E-state index contributed by atoms with van der Waals surface area (Å²) in [5.41, 5.74) is 0.716. The number of anilines is 1. The molecule has 0 bridgehead atoms. The third-order valence-electron chi connectivity index (χ3n) is 3.15. The van der Waals surface area contributed by atoms with Gasteiger partial charge in [-0.3, -0.25) is 0 Å². The third-order valence-corrected chi connectivity index (χ3v) is 3.71. The molecular formula is C13H16Cl2F2N2O. The van der Waals surface area contributed by atoms with E-state index < -0.39 is 6.61 Å². The second-order valence-corrected chi connectivity index (χ2v) is 5.48. The molecule has 1 aromatic carbocycles. The molecule has 1 unspecified atom stereocenters. The Balaban J connectivity index is 2.08. The lowest BCUT2D eigenvalue weighted by Crippen LogP contribution is -2.21. The minimum atomic E-state index is -2.95. The molecule has 1 aromatic rings. The summed E-state index contributed by atoms with van der Waals surface area (Å²) >= 11 is 11.9. The number of halogens is 4. The summed E-state index contributed by atoms with van der Waals surface area (Å²) in [6, 6.07) is 3.44. The lowest BCUT2D eigenvalue weighted by Gasteiger charge is -2.19. The summed E-state index contributed by atoms with van der Waals surface area (Å²) in [6.45, 7) is -0.983. The van der Waals surface area contributed by atoms with Crippen molar-refractivity contribution in [2.75, 3.05) is 18.4 Å². The van der Waals surface area contributed by atoms with Gasteiger partial charge in [0.25, 0.3) is 0 Å². The van der Waals surface area contributed by atoms with Gasteiger partial charge in [-0.1, -0.05) is 23.2 Å². The molecule has 112 valence electrons. The fraction of sp³-hybridized carbons (Fsp3) is 0.538. The molecule has 2 N–H and O–H groups in total. The number of nitrogens with one attached hydrogen (secondary N) is 2. The van der Waals surface area contributed by atoms with Crippen LogP contribution in [-0.4, -0.2) is 25.7 Å². The average molecular weight is 325 g/mol. The van der Waals surface area contributed by atoms with Crippen molar-refractivity contribution in [2.45, 2.75) is 31.9 Å². The van der Waals surface area contributed by atoms with Gasteiger partial charge in [0.05, 0.1) is 10.0 Å². The molecule has 0 spiro atoms. The molecule has 1 aliphatic rings. The van der Waals surface area contributed by atoms with E-state index in [1.54, 1.807) is 12.1 Å². The summed E-state index contributed by atoms with van der Waals surface area (Å²) in [6.07, 6.45) is 3.12. The zero-order valence-corrected chi connectivity index (χ0v) is 12.3. The second kappa shape index (κ2) is 7.29. The first-order valence-corrected chi connectivity index (χ1v) is 7.23. The molecule has 1 saturated heterocycles. The first-order chi connectivity index (χ1) is 9.56. The molecule has 0 amide bonds. The fourth-order valence-electron chi connectivity index (χ4n) is 2.24. The van der Waals surface area contributed by atoms with E-state index in [2.05, 4.69) is 15.4 Å². The molecule has 0 aliphatic carbocycles. The molecule has 20 heavy (non-hydrogen) atoms. The molecule has 1 atom stereocenters. The second-order valence-electron chi connectivity index (χ2n) is 4.67. The van der Waals surface area contributed by atoms with Crippen LogP contribution in [0.15, 0.2) is 12.1 Å². The van der Waals surface area contributed by atoms with E-state index in [1.807, 2.05) is 0 Å². The summed E-state index contributed by atoms with van der Waals surface area (Å²) < 4.78 is 28.8. The molecule has 0 aromatic heterocycles. The number of ether oxygens (including phenoxy) is 1. The Hall–Kier alpha value is -0.780. The van der Waals surface area contributed by atoms with Gasteiger partial charge in [0, 0.05) is 11.7 Å². The van der Waals surface area contributed by atoms with Crippen LogP contribution in [0.1, 0.15) is 19.3 Å². The lowest BCUT2D eigenvalue weighted by atomic mass is 10.1. The van der Waals surface area contributed by atoms with Crippen LogP contribution in [0.4, 0.5) is 14.5 Å². The van der Waals surface area contributed by atoms with Crippen LogP contribution >= 0.6 is 23.2 Å². The number of hydrogen-bond donors (Lipinski definition) is 2. The van der Waals surface area contributed by atoms with Gasteiger partial charge in [0.15, 0.2) is 5.75 Å². The smallest absolute Gasteiger partial charge is 0.387 e. The van der Waals surface area contributed by atoms with Crippen molar-refractivity contribution in [3.63, 3.8) is 0 Å². The molecule has 7 heteroatoms. The molecule has 1 fully saturated rings. The first-order valence-electron chi connectivity index (χ1n) is 6.47. The number of hydrogen-bond acceptors (Lipinski definition) is 3. The van der Waals surface area contributed by atoms with E-state index in [9.17, 15) is 8.78 Å². The Bertz CT molecular complexity index is 429. The first kappa shape index (κ1) is 15.6. The lowest BCUT2D eigenvalue weighted by molar-refractivity contribution is -0.0497. The SMILES string of the molecule is FC(F)Oc1c(Cl)cc(NC2CCCNCC2)cc1Cl. The maximum atomic E-state index is 12.2. The van der Waals surface area contributed by atoms with E-state index in [-0.39, 0.29) is 15.8 Å². The van der Waals surface area contributed by atoms with Crippen molar-refractivity contribution in [1.29, 1.82) is 0 Å². The van der Waals surface area contributed by atoms with Crippen LogP contribution in [0.3, 0.4) is 0 Å².